The Hall–Kier alpha value is -1.39. The van der Waals surface area contributed by atoms with Crippen LogP contribution >= 0.6 is 0 Å². The lowest BCUT2D eigenvalue weighted by Gasteiger charge is -2.28. The second kappa shape index (κ2) is 7.41. The highest BCUT2D eigenvalue weighted by atomic mass is 16.3. The molecule has 1 aliphatic rings. The average Bonchev–Trinajstić information content (AvgIpc) is 2.46. The Bertz CT molecular complexity index is 431. The van der Waals surface area contributed by atoms with E-state index in [1.165, 1.54) is 6.42 Å². The van der Waals surface area contributed by atoms with Crippen LogP contribution < -0.4 is 10.6 Å². The van der Waals surface area contributed by atoms with E-state index in [2.05, 4.69) is 10.6 Å². The molecule has 0 radical (unpaired) electrons. The molecule has 3 N–H and O–H groups in total. The molecule has 1 aromatic carbocycles. The fourth-order valence-electron chi connectivity index (χ4n) is 2.59. The Morgan fingerprint density at radius 1 is 1.20 bits per heavy atom. The smallest absolute Gasteiger partial charge is 0.251 e. The minimum atomic E-state index is -0.239. The lowest BCUT2D eigenvalue weighted by Crippen LogP contribution is -2.45. The van der Waals surface area contributed by atoms with Crippen molar-refractivity contribution in [3.63, 3.8) is 0 Å². The Morgan fingerprint density at radius 2 is 1.90 bits per heavy atom. The molecule has 4 heteroatoms. The maximum atomic E-state index is 11.9. The fraction of sp³-hybridized carbons (Fsp3) is 0.562. The molecule has 1 aromatic rings. The summed E-state index contributed by atoms with van der Waals surface area (Å²) in [6.07, 6.45) is 3.95. The van der Waals surface area contributed by atoms with Crippen LogP contribution in [0.2, 0.25) is 0 Å². The van der Waals surface area contributed by atoms with Crippen molar-refractivity contribution in [3.8, 4) is 0 Å². The highest BCUT2D eigenvalue weighted by molar-refractivity contribution is 5.94. The Balaban J connectivity index is 1.67. The predicted octanol–water partition coefficient (Wildman–Crippen LogP) is 1.62. The molecule has 0 spiro atoms. The van der Waals surface area contributed by atoms with Crippen molar-refractivity contribution in [1.29, 1.82) is 0 Å². The average molecular weight is 276 g/mol. The van der Waals surface area contributed by atoms with Crippen molar-refractivity contribution in [2.24, 2.45) is 0 Å². The van der Waals surface area contributed by atoms with Crippen molar-refractivity contribution in [3.05, 3.63) is 35.4 Å². The van der Waals surface area contributed by atoms with Gasteiger partial charge in [0, 0.05) is 24.7 Å². The van der Waals surface area contributed by atoms with Crippen molar-refractivity contribution < 1.29 is 9.90 Å². The fourth-order valence-corrected chi connectivity index (χ4v) is 2.59. The summed E-state index contributed by atoms with van der Waals surface area (Å²) in [7, 11) is 0. The van der Waals surface area contributed by atoms with Gasteiger partial charge in [0.2, 0.25) is 0 Å². The van der Waals surface area contributed by atoms with Crippen LogP contribution in [0.5, 0.6) is 0 Å². The predicted molar refractivity (Wildman–Crippen MR) is 79.8 cm³/mol. The topological polar surface area (TPSA) is 61.4 Å². The summed E-state index contributed by atoms with van der Waals surface area (Å²) in [5, 5.41) is 16.0. The lowest BCUT2D eigenvalue weighted by atomic mass is 9.93. The minimum Gasteiger partial charge on any atom is -0.392 e. The summed E-state index contributed by atoms with van der Waals surface area (Å²) in [5.74, 6) is -0.0454. The number of aliphatic hydroxyl groups excluding tert-OH is 1. The number of rotatable bonds is 5. The second-order valence-corrected chi connectivity index (χ2v) is 5.53. The van der Waals surface area contributed by atoms with Crippen LogP contribution in [0.4, 0.5) is 0 Å². The van der Waals surface area contributed by atoms with Crippen molar-refractivity contribution in [1.82, 2.24) is 10.6 Å². The number of aryl methyl sites for hydroxylation is 1. The number of carbonyl (C=O) groups is 1. The number of benzene rings is 1. The summed E-state index contributed by atoms with van der Waals surface area (Å²) in [6, 6.07) is 7.73. The van der Waals surface area contributed by atoms with Crippen LogP contribution in [0.3, 0.4) is 0 Å². The van der Waals surface area contributed by atoms with E-state index in [9.17, 15) is 9.90 Å². The van der Waals surface area contributed by atoms with Gasteiger partial charge in [-0.2, -0.15) is 0 Å². The molecule has 0 bridgehead atoms. The molecule has 0 aromatic heterocycles. The van der Waals surface area contributed by atoms with Gasteiger partial charge < -0.3 is 15.7 Å². The number of carbonyl (C=O) groups excluding carboxylic acids is 1. The van der Waals surface area contributed by atoms with E-state index >= 15 is 0 Å². The SMILES string of the molecule is Cc1ccc(C(=O)NCCNC2CCCCC2O)cc1. The monoisotopic (exact) mass is 276 g/mol. The zero-order chi connectivity index (χ0) is 14.4. The van der Waals surface area contributed by atoms with E-state index in [0.717, 1.165) is 24.8 Å². The summed E-state index contributed by atoms with van der Waals surface area (Å²) >= 11 is 0. The quantitative estimate of drug-likeness (QED) is 0.716. The van der Waals surface area contributed by atoms with Crippen LogP contribution in [0.25, 0.3) is 0 Å². The number of amides is 1. The molecule has 2 unspecified atom stereocenters. The minimum absolute atomic E-state index is 0.0454. The maximum absolute atomic E-state index is 11.9. The summed E-state index contributed by atoms with van der Waals surface area (Å²) in [5.41, 5.74) is 1.84. The van der Waals surface area contributed by atoms with E-state index in [1.807, 2.05) is 31.2 Å². The third-order valence-corrected chi connectivity index (χ3v) is 3.86. The molecule has 2 atom stereocenters. The van der Waals surface area contributed by atoms with E-state index in [1.54, 1.807) is 0 Å². The van der Waals surface area contributed by atoms with Gasteiger partial charge in [0.1, 0.15) is 0 Å². The van der Waals surface area contributed by atoms with Crippen molar-refractivity contribution >= 4 is 5.91 Å². The first-order valence-corrected chi connectivity index (χ1v) is 7.43. The van der Waals surface area contributed by atoms with Gasteiger partial charge in [0.25, 0.3) is 5.91 Å². The second-order valence-electron chi connectivity index (χ2n) is 5.53. The van der Waals surface area contributed by atoms with Gasteiger partial charge in [-0.05, 0) is 31.9 Å². The van der Waals surface area contributed by atoms with Crippen LogP contribution in [-0.4, -0.2) is 36.2 Å². The molecule has 110 valence electrons. The number of nitrogens with one attached hydrogen (secondary N) is 2. The maximum Gasteiger partial charge on any atom is 0.251 e. The first-order valence-electron chi connectivity index (χ1n) is 7.43. The summed E-state index contributed by atoms with van der Waals surface area (Å²) < 4.78 is 0. The van der Waals surface area contributed by atoms with Crippen LogP contribution in [0.15, 0.2) is 24.3 Å². The van der Waals surface area contributed by atoms with Gasteiger partial charge in [0.05, 0.1) is 6.10 Å². The number of hydrogen-bond acceptors (Lipinski definition) is 3. The van der Waals surface area contributed by atoms with E-state index < -0.39 is 0 Å². The van der Waals surface area contributed by atoms with Crippen LogP contribution in [0, 0.1) is 6.92 Å². The molecular weight excluding hydrogens is 252 g/mol. The normalized spacial score (nSPS) is 22.5. The molecule has 1 fully saturated rings. The van der Waals surface area contributed by atoms with Gasteiger partial charge in [-0.25, -0.2) is 0 Å². The molecule has 4 nitrogen and oxygen atoms in total. The van der Waals surface area contributed by atoms with Crippen molar-refractivity contribution in [2.75, 3.05) is 13.1 Å². The zero-order valence-electron chi connectivity index (χ0n) is 12.1. The Labute approximate surface area is 120 Å². The van der Waals surface area contributed by atoms with Gasteiger partial charge >= 0.3 is 0 Å². The van der Waals surface area contributed by atoms with Gasteiger partial charge in [-0.15, -0.1) is 0 Å². The molecule has 1 amide bonds. The van der Waals surface area contributed by atoms with Gasteiger partial charge in [0.15, 0.2) is 0 Å². The molecule has 0 heterocycles. The van der Waals surface area contributed by atoms with E-state index in [4.69, 9.17) is 0 Å². The van der Waals surface area contributed by atoms with Crippen LogP contribution in [0.1, 0.15) is 41.6 Å². The molecule has 1 saturated carbocycles. The summed E-state index contributed by atoms with van der Waals surface area (Å²) in [4.78, 5) is 11.9. The number of hydrogen-bond donors (Lipinski definition) is 3. The van der Waals surface area contributed by atoms with Gasteiger partial charge in [-0.3, -0.25) is 4.79 Å². The lowest BCUT2D eigenvalue weighted by molar-refractivity contribution is 0.0897. The van der Waals surface area contributed by atoms with Crippen LogP contribution in [-0.2, 0) is 0 Å². The first kappa shape index (κ1) is 15.0. The summed E-state index contributed by atoms with van der Waals surface area (Å²) in [6.45, 7) is 3.27. The van der Waals surface area contributed by atoms with E-state index in [-0.39, 0.29) is 18.1 Å². The number of aliphatic hydroxyl groups is 1. The zero-order valence-corrected chi connectivity index (χ0v) is 12.1. The first-order chi connectivity index (χ1) is 9.66. The Morgan fingerprint density at radius 3 is 2.60 bits per heavy atom. The van der Waals surface area contributed by atoms with Gasteiger partial charge in [-0.1, -0.05) is 30.5 Å². The molecule has 2 rings (SSSR count). The molecule has 0 aliphatic heterocycles. The molecule has 0 saturated heterocycles. The Kier molecular flexibility index (Phi) is 5.56. The van der Waals surface area contributed by atoms with Crippen molar-refractivity contribution in [2.45, 2.75) is 44.8 Å². The third-order valence-electron chi connectivity index (χ3n) is 3.86. The van der Waals surface area contributed by atoms with E-state index in [0.29, 0.717) is 18.7 Å². The highest BCUT2D eigenvalue weighted by Crippen LogP contribution is 2.17. The standard InChI is InChI=1S/C16H24N2O2/c1-12-6-8-13(9-7-12)16(20)18-11-10-17-14-4-2-3-5-15(14)19/h6-9,14-15,17,19H,2-5,10-11H2,1H3,(H,18,20). The largest absolute Gasteiger partial charge is 0.392 e. The molecule has 20 heavy (non-hydrogen) atoms. The molecular formula is C16H24N2O2. The highest BCUT2D eigenvalue weighted by Gasteiger charge is 2.21. The molecule has 1 aliphatic carbocycles. The third kappa shape index (κ3) is 4.32.